The summed E-state index contributed by atoms with van der Waals surface area (Å²) < 4.78 is 24.1. The molecule has 0 saturated carbocycles. The number of rotatable bonds is 3. The van der Waals surface area contributed by atoms with Crippen LogP contribution in [0.5, 0.6) is 0 Å². The molecule has 13 heavy (non-hydrogen) atoms. The first-order valence-corrected chi connectivity index (χ1v) is 4.90. The van der Waals surface area contributed by atoms with Gasteiger partial charge >= 0.3 is 0 Å². The molecule has 1 heterocycles. The smallest absolute Gasteiger partial charge is 0.251 e. The van der Waals surface area contributed by atoms with Gasteiger partial charge in [-0.15, -0.1) is 0 Å². The van der Waals surface area contributed by atoms with Gasteiger partial charge in [-0.2, -0.15) is 0 Å². The summed E-state index contributed by atoms with van der Waals surface area (Å²) in [7, 11) is 1.94. The minimum Gasteiger partial charge on any atom is -0.317 e. The Morgan fingerprint density at radius 2 is 2.15 bits per heavy atom. The molecule has 1 fully saturated rings. The van der Waals surface area contributed by atoms with Gasteiger partial charge in [-0.05, 0) is 39.4 Å². The SMILES string of the molecule is CNC1CCCN(CC(F)F)CC1. The third kappa shape index (κ3) is 4.00. The lowest BCUT2D eigenvalue weighted by Gasteiger charge is -2.19. The first-order valence-electron chi connectivity index (χ1n) is 4.90. The van der Waals surface area contributed by atoms with Gasteiger partial charge in [-0.25, -0.2) is 8.78 Å². The van der Waals surface area contributed by atoms with Gasteiger partial charge in [-0.3, -0.25) is 4.90 Å². The van der Waals surface area contributed by atoms with Crippen LogP contribution in [0.15, 0.2) is 0 Å². The van der Waals surface area contributed by atoms with Crippen molar-refractivity contribution in [2.75, 3.05) is 26.7 Å². The molecular formula is C9H18F2N2. The molecule has 0 spiro atoms. The molecule has 78 valence electrons. The fraction of sp³-hybridized carbons (Fsp3) is 1.00. The molecule has 1 saturated heterocycles. The number of halogens is 2. The number of hydrogen-bond acceptors (Lipinski definition) is 2. The molecule has 0 bridgehead atoms. The lowest BCUT2D eigenvalue weighted by atomic mass is 10.1. The molecule has 0 aromatic heterocycles. The molecule has 4 heteroatoms. The second kappa shape index (κ2) is 5.50. The van der Waals surface area contributed by atoms with Crippen LogP contribution in [0, 0.1) is 0 Å². The number of nitrogens with one attached hydrogen (secondary N) is 1. The van der Waals surface area contributed by atoms with Crippen molar-refractivity contribution in [2.45, 2.75) is 31.7 Å². The summed E-state index contributed by atoms with van der Waals surface area (Å²) >= 11 is 0. The Morgan fingerprint density at radius 3 is 2.77 bits per heavy atom. The Bertz CT molecular complexity index is 142. The van der Waals surface area contributed by atoms with E-state index >= 15 is 0 Å². The fourth-order valence-corrected chi connectivity index (χ4v) is 1.82. The van der Waals surface area contributed by atoms with Gasteiger partial charge in [0.25, 0.3) is 6.43 Å². The van der Waals surface area contributed by atoms with E-state index in [0.717, 1.165) is 32.4 Å². The van der Waals surface area contributed by atoms with Crippen molar-refractivity contribution in [2.24, 2.45) is 0 Å². The van der Waals surface area contributed by atoms with Crippen LogP contribution in [-0.2, 0) is 0 Å². The van der Waals surface area contributed by atoms with Crippen molar-refractivity contribution >= 4 is 0 Å². The maximum atomic E-state index is 12.1. The normalized spacial score (nSPS) is 26.3. The highest BCUT2D eigenvalue weighted by Gasteiger charge is 2.17. The number of hydrogen-bond donors (Lipinski definition) is 1. The van der Waals surface area contributed by atoms with Crippen molar-refractivity contribution in [1.82, 2.24) is 10.2 Å². The maximum Gasteiger partial charge on any atom is 0.251 e. The Labute approximate surface area is 78.3 Å². The van der Waals surface area contributed by atoms with Crippen LogP contribution in [0.25, 0.3) is 0 Å². The summed E-state index contributed by atoms with van der Waals surface area (Å²) in [5.41, 5.74) is 0. The molecule has 0 amide bonds. The van der Waals surface area contributed by atoms with Crippen molar-refractivity contribution in [3.05, 3.63) is 0 Å². The Hall–Kier alpha value is -0.220. The molecule has 1 unspecified atom stereocenters. The van der Waals surface area contributed by atoms with Crippen LogP contribution in [0.3, 0.4) is 0 Å². The molecule has 1 rings (SSSR count). The zero-order valence-corrected chi connectivity index (χ0v) is 8.10. The predicted octanol–water partition coefficient (Wildman–Crippen LogP) is 1.33. The first-order chi connectivity index (χ1) is 6.22. The predicted molar refractivity (Wildman–Crippen MR) is 49.1 cm³/mol. The van der Waals surface area contributed by atoms with Crippen molar-refractivity contribution in [3.63, 3.8) is 0 Å². The van der Waals surface area contributed by atoms with E-state index in [9.17, 15) is 8.78 Å². The van der Waals surface area contributed by atoms with Gasteiger partial charge < -0.3 is 5.32 Å². The average Bonchev–Trinajstić information content (AvgIpc) is 2.29. The number of likely N-dealkylation sites (tertiary alicyclic amines) is 1. The standard InChI is InChI=1S/C9H18F2N2/c1-12-8-3-2-5-13(6-4-8)7-9(10)11/h8-9,12H,2-7H2,1H3. The maximum absolute atomic E-state index is 12.1. The summed E-state index contributed by atoms with van der Waals surface area (Å²) in [6.07, 6.45) is 0.934. The van der Waals surface area contributed by atoms with Gasteiger partial charge in [0.05, 0.1) is 6.54 Å². The molecule has 2 nitrogen and oxygen atoms in total. The van der Waals surface area contributed by atoms with E-state index in [1.807, 2.05) is 11.9 Å². The van der Waals surface area contributed by atoms with E-state index in [4.69, 9.17) is 0 Å². The molecule has 0 aromatic carbocycles. The first kappa shape index (κ1) is 10.9. The van der Waals surface area contributed by atoms with Crippen LogP contribution < -0.4 is 5.32 Å². The third-order valence-electron chi connectivity index (χ3n) is 2.63. The van der Waals surface area contributed by atoms with Crippen LogP contribution >= 0.6 is 0 Å². The highest BCUT2D eigenvalue weighted by molar-refractivity contribution is 4.73. The topological polar surface area (TPSA) is 15.3 Å². The second-order valence-electron chi connectivity index (χ2n) is 3.61. The Kier molecular flexibility index (Phi) is 4.59. The summed E-state index contributed by atoms with van der Waals surface area (Å²) in [6, 6.07) is 0.516. The largest absolute Gasteiger partial charge is 0.317 e. The van der Waals surface area contributed by atoms with Gasteiger partial charge in [0.1, 0.15) is 0 Å². The van der Waals surface area contributed by atoms with E-state index in [0.29, 0.717) is 6.04 Å². The molecule has 1 N–H and O–H groups in total. The van der Waals surface area contributed by atoms with Gasteiger partial charge in [0, 0.05) is 6.04 Å². The third-order valence-corrected chi connectivity index (χ3v) is 2.63. The van der Waals surface area contributed by atoms with E-state index in [1.54, 1.807) is 0 Å². The minimum absolute atomic E-state index is 0.0591. The lowest BCUT2D eigenvalue weighted by molar-refractivity contribution is 0.0897. The van der Waals surface area contributed by atoms with E-state index in [-0.39, 0.29) is 6.54 Å². The molecule has 0 aromatic rings. The van der Waals surface area contributed by atoms with Crippen LogP contribution in [0.2, 0.25) is 0 Å². The van der Waals surface area contributed by atoms with Crippen LogP contribution in [0.1, 0.15) is 19.3 Å². The van der Waals surface area contributed by atoms with Crippen molar-refractivity contribution < 1.29 is 8.78 Å². The van der Waals surface area contributed by atoms with E-state index in [2.05, 4.69) is 5.32 Å². The quantitative estimate of drug-likeness (QED) is 0.725. The highest BCUT2D eigenvalue weighted by Crippen LogP contribution is 2.11. The molecule has 1 aliphatic heterocycles. The van der Waals surface area contributed by atoms with Gasteiger partial charge in [0.2, 0.25) is 0 Å². The summed E-state index contributed by atoms with van der Waals surface area (Å²) in [4.78, 5) is 1.86. The van der Waals surface area contributed by atoms with Crippen molar-refractivity contribution in [1.29, 1.82) is 0 Å². The van der Waals surface area contributed by atoms with Crippen molar-refractivity contribution in [3.8, 4) is 0 Å². The number of alkyl halides is 2. The Morgan fingerprint density at radius 1 is 1.38 bits per heavy atom. The second-order valence-corrected chi connectivity index (χ2v) is 3.61. The molecule has 0 aliphatic carbocycles. The monoisotopic (exact) mass is 192 g/mol. The van der Waals surface area contributed by atoms with Crippen LogP contribution in [0.4, 0.5) is 8.78 Å². The zero-order valence-electron chi connectivity index (χ0n) is 8.10. The lowest BCUT2D eigenvalue weighted by Crippen LogP contribution is -2.31. The van der Waals surface area contributed by atoms with Crippen LogP contribution in [-0.4, -0.2) is 44.0 Å². The minimum atomic E-state index is -2.19. The van der Waals surface area contributed by atoms with E-state index < -0.39 is 6.43 Å². The number of nitrogens with zero attached hydrogens (tertiary/aromatic N) is 1. The van der Waals surface area contributed by atoms with Gasteiger partial charge in [-0.1, -0.05) is 0 Å². The molecule has 0 radical (unpaired) electrons. The van der Waals surface area contributed by atoms with E-state index in [1.165, 1.54) is 0 Å². The molecular weight excluding hydrogens is 174 g/mol. The Balaban J connectivity index is 2.27. The molecule has 1 atom stereocenters. The zero-order chi connectivity index (χ0) is 9.68. The summed E-state index contributed by atoms with van der Waals surface area (Å²) in [6.45, 7) is 1.56. The fourth-order valence-electron chi connectivity index (χ4n) is 1.82. The summed E-state index contributed by atoms with van der Waals surface area (Å²) in [5, 5.41) is 3.20. The summed E-state index contributed by atoms with van der Waals surface area (Å²) in [5.74, 6) is 0. The average molecular weight is 192 g/mol. The molecule has 1 aliphatic rings. The highest BCUT2D eigenvalue weighted by atomic mass is 19.3. The van der Waals surface area contributed by atoms with Gasteiger partial charge in [0.15, 0.2) is 0 Å².